The van der Waals surface area contributed by atoms with E-state index in [1.54, 1.807) is 0 Å². The van der Waals surface area contributed by atoms with Crippen molar-refractivity contribution in [3.8, 4) is 17.4 Å². The molecule has 0 bridgehead atoms. The highest BCUT2D eigenvalue weighted by Crippen LogP contribution is 2.36. The van der Waals surface area contributed by atoms with Gasteiger partial charge >= 0.3 is 6.36 Å². The summed E-state index contributed by atoms with van der Waals surface area (Å²) in [7, 11) is 0. The second kappa shape index (κ2) is 6.19. The van der Waals surface area contributed by atoms with Crippen LogP contribution in [0.3, 0.4) is 0 Å². The minimum atomic E-state index is -4.84. The van der Waals surface area contributed by atoms with Gasteiger partial charge in [-0.05, 0) is 23.8 Å². The first-order valence-electron chi connectivity index (χ1n) is 5.67. The van der Waals surface area contributed by atoms with Crippen molar-refractivity contribution in [3.63, 3.8) is 0 Å². The lowest BCUT2D eigenvalue weighted by Gasteiger charge is -2.13. The van der Waals surface area contributed by atoms with Crippen LogP contribution in [-0.4, -0.2) is 16.5 Å². The predicted molar refractivity (Wildman–Crippen MR) is 68.4 cm³/mol. The highest BCUT2D eigenvalue weighted by molar-refractivity contribution is 6.31. The molecule has 0 aliphatic rings. The van der Waals surface area contributed by atoms with Crippen molar-refractivity contribution in [1.82, 2.24) is 4.98 Å². The maximum atomic E-state index is 12.3. The number of alkyl halides is 3. The second-order valence-electron chi connectivity index (χ2n) is 3.89. The highest BCUT2D eigenvalue weighted by Gasteiger charge is 2.32. The number of aliphatic hydroxyl groups is 1. The van der Waals surface area contributed by atoms with Gasteiger partial charge in [0.25, 0.3) is 0 Å². The molecule has 1 heterocycles. The molecule has 1 aromatic carbocycles. The average molecular weight is 320 g/mol. The first-order valence-corrected chi connectivity index (χ1v) is 6.05. The fourth-order valence-corrected chi connectivity index (χ4v) is 1.70. The molecule has 1 aromatic heterocycles. The maximum absolute atomic E-state index is 12.3. The molecule has 112 valence electrons. The molecule has 0 unspecified atom stereocenters. The molecule has 21 heavy (non-hydrogen) atoms. The normalized spacial score (nSPS) is 11.3. The lowest BCUT2D eigenvalue weighted by Crippen LogP contribution is -2.17. The summed E-state index contributed by atoms with van der Waals surface area (Å²) in [6.07, 6.45) is -3.54. The molecule has 0 fully saturated rings. The molecule has 0 aliphatic carbocycles. The van der Waals surface area contributed by atoms with Gasteiger partial charge in [0.1, 0.15) is 5.02 Å². The van der Waals surface area contributed by atoms with Gasteiger partial charge in [-0.15, -0.1) is 13.2 Å². The van der Waals surface area contributed by atoms with Crippen LogP contribution in [0.1, 0.15) is 5.56 Å². The first-order chi connectivity index (χ1) is 9.89. The minimum absolute atomic E-state index is 0.0587. The number of rotatable bonds is 4. The van der Waals surface area contributed by atoms with E-state index in [2.05, 4.69) is 9.72 Å². The van der Waals surface area contributed by atoms with Crippen molar-refractivity contribution in [3.05, 3.63) is 47.1 Å². The summed E-state index contributed by atoms with van der Waals surface area (Å²) < 4.78 is 46.0. The Hall–Kier alpha value is -1.99. The van der Waals surface area contributed by atoms with Gasteiger partial charge in [0, 0.05) is 6.20 Å². The zero-order valence-corrected chi connectivity index (χ0v) is 11.1. The summed E-state index contributed by atoms with van der Waals surface area (Å²) in [6.45, 7) is -0.263. The fraction of sp³-hybridized carbons (Fsp3) is 0.154. The van der Waals surface area contributed by atoms with Gasteiger partial charge in [0.05, 0.1) is 6.61 Å². The summed E-state index contributed by atoms with van der Waals surface area (Å²) in [6, 6.07) is 6.65. The van der Waals surface area contributed by atoms with E-state index in [-0.39, 0.29) is 23.3 Å². The molecule has 2 rings (SSSR count). The number of benzene rings is 1. The van der Waals surface area contributed by atoms with Crippen LogP contribution in [0.5, 0.6) is 17.4 Å². The van der Waals surface area contributed by atoms with E-state index in [1.165, 1.54) is 30.5 Å². The van der Waals surface area contributed by atoms with Gasteiger partial charge in [-0.1, -0.05) is 23.7 Å². The summed E-state index contributed by atoms with van der Waals surface area (Å²) in [5, 5.41) is 8.99. The van der Waals surface area contributed by atoms with Crippen LogP contribution < -0.4 is 9.47 Å². The number of para-hydroxylation sites is 2. The molecule has 0 spiro atoms. The molecule has 0 atom stereocenters. The molecule has 0 saturated heterocycles. The third kappa shape index (κ3) is 4.24. The molecule has 4 nitrogen and oxygen atoms in total. The lowest BCUT2D eigenvalue weighted by molar-refractivity contribution is -0.275. The van der Waals surface area contributed by atoms with E-state index < -0.39 is 12.1 Å². The number of pyridine rings is 1. The van der Waals surface area contributed by atoms with Crippen molar-refractivity contribution in [2.24, 2.45) is 0 Å². The number of hydrogen-bond acceptors (Lipinski definition) is 4. The number of nitrogens with zero attached hydrogens (tertiary/aromatic N) is 1. The van der Waals surface area contributed by atoms with Gasteiger partial charge in [0.2, 0.25) is 5.88 Å². The summed E-state index contributed by atoms with van der Waals surface area (Å²) in [4.78, 5) is 3.83. The standard InChI is InChI=1S/C13H9ClF3NO3/c14-9-5-8(7-19)6-18-12(9)20-10-3-1-2-4-11(10)21-13(15,16)17/h1-6,19H,7H2. The lowest BCUT2D eigenvalue weighted by atomic mass is 10.3. The van der Waals surface area contributed by atoms with Crippen LogP contribution in [0.2, 0.25) is 5.02 Å². The monoisotopic (exact) mass is 319 g/mol. The molecule has 1 N–H and O–H groups in total. The Bertz CT molecular complexity index is 634. The average Bonchev–Trinajstić information content (AvgIpc) is 2.41. The topological polar surface area (TPSA) is 51.6 Å². The second-order valence-corrected chi connectivity index (χ2v) is 4.29. The maximum Gasteiger partial charge on any atom is 0.573 e. The van der Waals surface area contributed by atoms with Crippen molar-refractivity contribution in [2.75, 3.05) is 0 Å². The van der Waals surface area contributed by atoms with Gasteiger partial charge in [0.15, 0.2) is 11.5 Å². The minimum Gasteiger partial charge on any atom is -0.434 e. The number of ether oxygens (including phenoxy) is 2. The summed E-state index contributed by atoms with van der Waals surface area (Å²) in [5.41, 5.74) is 0.451. The van der Waals surface area contributed by atoms with Gasteiger partial charge < -0.3 is 14.6 Å². The number of halogens is 4. The Kier molecular flexibility index (Phi) is 4.54. The predicted octanol–water partition coefficient (Wildman–Crippen LogP) is 3.92. The van der Waals surface area contributed by atoms with E-state index in [0.717, 1.165) is 6.07 Å². The number of hydrogen-bond donors (Lipinski definition) is 1. The molecule has 8 heteroatoms. The molecular formula is C13H9ClF3NO3. The van der Waals surface area contributed by atoms with E-state index in [4.69, 9.17) is 21.4 Å². The summed E-state index contributed by atoms with van der Waals surface area (Å²) in [5.74, 6) is -0.776. The Morgan fingerprint density at radius 3 is 2.43 bits per heavy atom. The Balaban J connectivity index is 2.27. The fourth-order valence-electron chi connectivity index (χ4n) is 1.47. The van der Waals surface area contributed by atoms with Gasteiger partial charge in [-0.2, -0.15) is 0 Å². The van der Waals surface area contributed by atoms with E-state index in [1.807, 2.05) is 0 Å². The largest absolute Gasteiger partial charge is 0.573 e. The van der Waals surface area contributed by atoms with E-state index in [9.17, 15) is 13.2 Å². The van der Waals surface area contributed by atoms with Crippen LogP contribution in [0.4, 0.5) is 13.2 Å². The SMILES string of the molecule is OCc1cnc(Oc2ccccc2OC(F)(F)F)c(Cl)c1. The highest BCUT2D eigenvalue weighted by atomic mass is 35.5. The third-order valence-electron chi connectivity index (χ3n) is 2.33. The van der Waals surface area contributed by atoms with Crippen molar-refractivity contribution >= 4 is 11.6 Å². The molecule has 2 aromatic rings. The first kappa shape index (κ1) is 15.4. The van der Waals surface area contributed by atoms with Crippen LogP contribution >= 0.6 is 11.6 Å². The van der Waals surface area contributed by atoms with Crippen molar-refractivity contribution in [1.29, 1.82) is 0 Å². The molecule has 0 saturated carbocycles. The van der Waals surface area contributed by atoms with E-state index >= 15 is 0 Å². The molecule has 0 aliphatic heterocycles. The van der Waals surface area contributed by atoms with Crippen molar-refractivity contribution in [2.45, 2.75) is 13.0 Å². The quantitative estimate of drug-likeness (QED) is 0.928. The smallest absolute Gasteiger partial charge is 0.434 e. The summed E-state index contributed by atoms with van der Waals surface area (Å²) >= 11 is 5.88. The van der Waals surface area contributed by atoms with Crippen LogP contribution in [0.15, 0.2) is 36.5 Å². The Morgan fingerprint density at radius 1 is 1.19 bits per heavy atom. The van der Waals surface area contributed by atoms with Gasteiger partial charge in [-0.3, -0.25) is 0 Å². The zero-order valence-electron chi connectivity index (χ0n) is 10.4. The number of aliphatic hydroxyl groups excluding tert-OH is 1. The Labute approximate surface area is 122 Å². The van der Waals surface area contributed by atoms with Crippen molar-refractivity contribution < 1.29 is 27.8 Å². The third-order valence-corrected chi connectivity index (χ3v) is 2.60. The molecule has 0 radical (unpaired) electrons. The van der Waals surface area contributed by atoms with Gasteiger partial charge in [-0.25, -0.2) is 4.98 Å². The van der Waals surface area contributed by atoms with E-state index in [0.29, 0.717) is 5.56 Å². The Morgan fingerprint density at radius 2 is 1.86 bits per heavy atom. The number of aromatic nitrogens is 1. The van der Waals surface area contributed by atoms with Crippen LogP contribution in [-0.2, 0) is 6.61 Å². The molecular weight excluding hydrogens is 311 g/mol. The van der Waals surface area contributed by atoms with Crippen LogP contribution in [0, 0.1) is 0 Å². The zero-order chi connectivity index (χ0) is 15.5. The molecule has 0 amide bonds. The van der Waals surface area contributed by atoms with Crippen LogP contribution in [0.25, 0.3) is 0 Å².